The Morgan fingerprint density at radius 2 is 2.00 bits per heavy atom. The summed E-state index contributed by atoms with van der Waals surface area (Å²) in [5, 5.41) is 0.0812. The van der Waals surface area contributed by atoms with Crippen molar-refractivity contribution in [2.45, 2.75) is 26.6 Å². The Bertz CT molecular complexity index is 811. The zero-order valence-corrected chi connectivity index (χ0v) is 14.6. The largest absolute Gasteiger partial charge is 0.462 e. The number of carbonyl (C=O) groups excluding carboxylic acids is 1. The number of nitrogens with zero attached hydrogens (tertiary/aromatic N) is 1. The lowest BCUT2D eigenvalue weighted by Crippen LogP contribution is -2.35. The molecule has 2 rings (SSSR count). The monoisotopic (exact) mass is 341 g/mol. The van der Waals surface area contributed by atoms with Crippen LogP contribution in [0.15, 0.2) is 23.1 Å². The summed E-state index contributed by atoms with van der Waals surface area (Å²) in [5.74, 6) is -1.38. The minimum atomic E-state index is -1.97. The quantitative estimate of drug-likeness (QED) is 0.632. The molecule has 0 bridgehead atoms. The molecule has 0 aliphatic carbocycles. The van der Waals surface area contributed by atoms with Crippen LogP contribution in [0.3, 0.4) is 0 Å². The van der Waals surface area contributed by atoms with Crippen molar-refractivity contribution in [3.63, 3.8) is 0 Å². The van der Waals surface area contributed by atoms with Gasteiger partial charge in [-0.3, -0.25) is 4.79 Å². The predicted octanol–water partition coefficient (Wildman–Crippen LogP) is 3.65. The molecule has 0 fully saturated rings. The van der Waals surface area contributed by atoms with Crippen molar-refractivity contribution in [2.75, 3.05) is 6.61 Å². The summed E-state index contributed by atoms with van der Waals surface area (Å²) < 4.78 is 20.5. The van der Waals surface area contributed by atoms with E-state index in [1.165, 1.54) is 12.3 Å². The van der Waals surface area contributed by atoms with E-state index in [9.17, 15) is 14.0 Å². The molecular weight excluding hydrogens is 325 g/mol. The van der Waals surface area contributed by atoms with Gasteiger partial charge in [0.05, 0.1) is 11.6 Å². The molecule has 22 heavy (non-hydrogen) atoms. The molecule has 0 aliphatic rings. The number of fused-ring (bicyclic) bond motifs is 1. The first-order valence-corrected chi connectivity index (χ1v) is 10.7. The van der Waals surface area contributed by atoms with Gasteiger partial charge in [-0.25, -0.2) is 9.18 Å². The molecule has 2 aromatic rings. The van der Waals surface area contributed by atoms with E-state index in [0.717, 1.165) is 6.07 Å². The fourth-order valence-electron chi connectivity index (χ4n) is 2.23. The van der Waals surface area contributed by atoms with E-state index in [1.807, 2.05) is 23.9 Å². The average Bonchev–Trinajstić information content (AvgIpc) is 2.40. The molecule has 0 saturated heterocycles. The lowest BCUT2D eigenvalue weighted by molar-refractivity contribution is 0.0524. The molecule has 4 nitrogen and oxygen atoms in total. The summed E-state index contributed by atoms with van der Waals surface area (Å²) in [7, 11) is -1.97. The van der Waals surface area contributed by atoms with Gasteiger partial charge in [-0.1, -0.05) is 31.2 Å². The molecule has 1 heterocycles. The SMILES string of the molecule is CCOC(=O)c1cn([Si](C)(C)C)c2cc(Cl)c(F)cc2c1=O. The van der Waals surface area contributed by atoms with E-state index in [-0.39, 0.29) is 22.6 Å². The van der Waals surface area contributed by atoms with E-state index < -0.39 is 25.5 Å². The van der Waals surface area contributed by atoms with Gasteiger partial charge in [0.2, 0.25) is 5.43 Å². The van der Waals surface area contributed by atoms with Crippen molar-refractivity contribution in [2.24, 2.45) is 0 Å². The van der Waals surface area contributed by atoms with Crippen LogP contribution in [0.5, 0.6) is 0 Å². The van der Waals surface area contributed by atoms with Crippen LogP contribution < -0.4 is 5.43 Å². The van der Waals surface area contributed by atoms with Gasteiger partial charge in [0, 0.05) is 17.1 Å². The highest BCUT2D eigenvalue weighted by Gasteiger charge is 2.24. The highest BCUT2D eigenvalue weighted by atomic mass is 35.5. The Morgan fingerprint density at radius 1 is 1.36 bits per heavy atom. The second kappa shape index (κ2) is 5.85. The van der Waals surface area contributed by atoms with Crippen LogP contribution in [0.2, 0.25) is 24.7 Å². The Labute approximate surface area is 133 Å². The molecule has 0 spiro atoms. The van der Waals surface area contributed by atoms with Gasteiger partial charge >= 0.3 is 5.97 Å². The first-order valence-electron chi connectivity index (χ1n) is 6.88. The third kappa shape index (κ3) is 2.93. The molecule has 7 heteroatoms. The van der Waals surface area contributed by atoms with Gasteiger partial charge in [0.1, 0.15) is 11.4 Å². The minimum Gasteiger partial charge on any atom is -0.462 e. The van der Waals surface area contributed by atoms with E-state index in [1.54, 1.807) is 6.92 Å². The van der Waals surface area contributed by atoms with Gasteiger partial charge in [-0.2, -0.15) is 0 Å². The molecule has 0 unspecified atom stereocenters. The smallest absolute Gasteiger partial charge is 0.343 e. The highest BCUT2D eigenvalue weighted by Crippen LogP contribution is 2.24. The molecule has 1 aromatic carbocycles. The Balaban J connectivity index is 2.92. The third-order valence-corrected chi connectivity index (χ3v) is 5.37. The molecule has 1 aromatic heterocycles. The lowest BCUT2D eigenvalue weighted by Gasteiger charge is -2.24. The number of aromatic nitrogens is 1. The van der Waals surface area contributed by atoms with Gasteiger partial charge < -0.3 is 8.97 Å². The van der Waals surface area contributed by atoms with E-state index in [0.29, 0.717) is 5.52 Å². The van der Waals surface area contributed by atoms with E-state index in [4.69, 9.17) is 16.3 Å². The second-order valence-electron chi connectivity index (χ2n) is 5.92. The van der Waals surface area contributed by atoms with Crippen molar-refractivity contribution < 1.29 is 13.9 Å². The zero-order chi connectivity index (χ0) is 16.7. The van der Waals surface area contributed by atoms with Gasteiger partial charge in [0.25, 0.3) is 0 Å². The molecule has 0 aliphatic heterocycles. The number of rotatable bonds is 3. The maximum atomic E-state index is 13.8. The normalized spacial score (nSPS) is 11.7. The van der Waals surface area contributed by atoms with Crippen molar-refractivity contribution in [1.82, 2.24) is 4.23 Å². The first-order chi connectivity index (χ1) is 10.2. The third-order valence-electron chi connectivity index (χ3n) is 3.26. The van der Waals surface area contributed by atoms with Crippen LogP contribution >= 0.6 is 11.6 Å². The average molecular weight is 342 g/mol. The molecule has 118 valence electrons. The van der Waals surface area contributed by atoms with Gasteiger partial charge in [-0.05, 0) is 19.1 Å². The summed E-state index contributed by atoms with van der Waals surface area (Å²) >= 11 is 5.85. The summed E-state index contributed by atoms with van der Waals surface area (Å²) in [4.78, 5) is 24.5. The van der Waals surface area contributed by atoms with Crippen molar-refractivity contribution >= 4 is 36.7 Å². The molecule has 0 saturated carbocycles. The van der Waals surface area contributed by atoms with Crippen LogP contribution in [0.25, 0.3) is 10.9 Å². The predicted molar refractivity (Wildman–Crippen MR) is 87.9 cm³/mol. The van der Waals surface area contributed by atoms with Crippen molar-refractivity contribution in [3.8, 4) is 0 Å². The van der Waals surface area contributed by atoms with Crippen molar-refractivity contribution in [1.29, 1.82) is 0 Å². The number of hydrogen-bond donors (Lipinski definition) is 0. The summed E-state index contributed by atoms with van der Waals surface area (Å²) in [6, 6.07) is 2.51. The number of hydrogen-bond acceptors (Lipinski definition) is 3. The van der Waals surface area contributed by atoms with Crippen LogP contribution in [-0.2, 0) is 4.74 Å². The summed E-state index contributed by atoms with van der Waals surface area (Å²) in [6.07, 6.45) is 1.50. The highest BCUT2D eigenvalue weighted by molar-refractivity contribution is 6.75. The molecule has 0 atom stereocenters. The topological polar surface area (TPSA) is 48.3 Å². The number of benzene rings is 1. The fourth-order valence-corrected chi connectivity index (χ4v) is 3.81. The maximum absolute atomic E-state index is 13.8. The van der Waals surface area contributed by atoms with Crippen molar-refractivity contribution in [3.05, 3.63) is 45.0 Å². The van der Waals surface area contributed by atoms with Crippen LogP contribution in [0.1, 0.15) is 17.3 Å². The maximum Gasteiger partial charge on any atom is 0.343 e. The second-order valence-corrected chi connectivity index (χ2v) is 11.1. The minimum absolute atomic E-state index is 0.0530. The summed E-state index contributed by atoms with van der Waals surface area (Å²) in [6.45, 7) is 7.96. The molecule has 0 amide bonds. The number of pyridine rings is 1. The van der Waals surface area contributed by atoms with Gasteiger partial charge in [0.15, 0.2) is 8.24 Å². The van der Waals surface area contributed by atoms with Crippen LogP contribution in [0, 0.1) is 5.82 Å². The molecular formula is C15H17ClFNO3Si. The Kier molecular flexibility index (Phi) is 4.44. The number of ether oxygens (including phenoxy) is 1. The standard InChI is InChI=1S/C15H17ClFNO3Si/c1-5-21-15(20)10-8-18(22(2,3)4)13-7-11(16)12(17)6-9(13)14(10)19/h6-8H,5H2,1-4H3. The zero-order valence-electron chi connectivity index (χ0n) is 12.9. The molecule has 0 radical (unpaired) electrons. The van der Waals surface area contributed by atoms with E-state index >= 15 is 0 Å². The first kappa shape index (κ1) is 16.7. The van der Waals surface area contributed by atoms with Crippen LogP contribution in [-0.4, -0.2) is 25.0 Å². The lowest BCUT2D eigenvalue weighted by atomic mass is 10.1. The molecule has 0 N–H and O–H groups in total. The van der Waals surface area contributed by atoms with Crippen LogP contribution in [0.4, 0.5) is 4.39 Å². The number of halogens is 2. The van der Waals surface area contributed by atoms with Gasteiger partial charge in [-0.15, -0.1) is 0 Å². The Morgan fingerprint density at radius 3 is 2.55 bits per heavy atom. The number of esters is 1. The number of carbonyl (C=O) groups is 1. The summed E-state index contributed by atoms with van der Waals surface area (Å²) in [5.41, 5.74) is -0.0966. The fraction of sp³-hybridized carbons (Fsp3) is 0.333. The Hall–Kier alpha value is -1.66. The van der Waals surface area contributed by atoms with E-state index in [2.05, 4.69) is 0 Å².